The Balaban J connectivity index is 2.05. The summed E-state index contributed by atoms with van der Waals surface area (Å²) in [6.07, 6.45) is 3.96. The van der Waals surface area contributed by atoms with Gasteiger partial charge in [-0.1, -0.05) is 33.8 Å². The number of aryl methyl sites for hydroxylation is 1. The number of aromatic nitrogens is 3. The molecule has 3 heteroatoms. The lowest BCUT2D eigenvalue weighted by Crippen LogP contribution is -1.99. The molecule has 0 bridgehead atoms. The molecule has 128 valence electrons. The van der Waals surface area contributed by atoms with Crippen LogP contribution in [0, 0.1) is 0 Å². The zero-order valence-electron chi connectivity index (χ0n) is 15.6. The van der Waals surface area contributed by atoms with Gasteiger partial charge in [0.25, 0.3) is 0 Å². The highest BCUT2D eigenvalue weighted by molar-refractivity contribution is 5.93. The highest BCUT2D eigenvalue weighted by atomic mass is 15.0. The molecule has 0 aliphatic rings. The van der Waals surface area contributed by atoms with E-state index < -0.39 is 0 Å². The predicted molar refractivity (Wildman–Crippen MR) is 106 cm³/mol. The van der Waals surface area contributed by atoms with Crippen molar-refractivity contribution in [1.29, 1.82) is 0 Å². The van der Waals surface area contributed by atoms with E-state index in [1.165, 1.54) is 38.7 Å². The van der Waals surface area contributed by atoms with Crippen LogP contribution in [0.4, 0.5) is 0 Å². The topological polar surface area (TPSA) is 33.6 Å². The standard InChI is InChI=1S/C22H25N3/c1-13(2)15-8-11-24-22-18(15)12-20(25(22)5)17-6-7-19-16(9-10-23-19)21(17)14(3)4/h6-14,23H,1-5H3. The van der Waals surface area contributed by atoms with Gasteiger partial charge in [-0.25, -0.2) is 4.98 Å². The molecule has 0 aliphatic heterocycles. The minimum atomic E-state index is 0.449. The van der Waals surface area contributed by atoms with Crippen LogP contribution in [0.15, 0.2) is 42.7 Å². The summed E-state index contributed by atoms with van der Waals surface area (Å²) in [4.78, 5) is 7.99. The number of H-pyrrole nitrogens is 1. The van der Waals surface area contributed by atoms with Crippen LogP contribution >= 0.6 is 0 Å². The summed E-state index contributed by atoms with van der Waals surface area (Å²) in [7, 11) is 2.13. The van der Waals surface area contributed by atoms with Gasteiger partial charge in [-0.2, -0.15) is 0 Å². The normalized spacial score (nSPS) is 12.1. The number of aromatic amines is 1. The lowest BCUT2D eigenvalue weighted by atomic mass is 9.91. The maximum absolute atomic E-state index is 4.65. The van der Waals surface area contributed by atoms with Crippen molar-refractivity contribution in [2.75, 3.05) is 0 Å². The fourth-order valence-electron chi connectivity index (χ4n) is 4.00. The number of hydrogen-bond donors (Lipinski definition) is 1. The van der Waals surface area contributed by atoms with Gasteiger partial charge < -0.3 is 9.55 Å². The van der Waals surface area contributed by atoms with Gasteiger partial charge in [0.15, 0.2) is 0 Å². The molecule has 4 aromatic rings. The summed E-state index contributed by atoms with van der Waals surface area (Å²) in [6, 6.07) is 11.1. The Labute approximate surface area is 148 Å². The summed E-state index contributed by atoms with van der Waals surface area (Å²) in [6.45, 7) is 9.02. The van der Waals surface area contributed by atoms with Crippen molar-refractivity contribution in [3.05, 3.63) is 53.9 Å². The Morgan fingerprint density at radius 2 is 1.76 bits per heavy atom. The van der Waals surface area contributed by atoms with Crippen LogP contribution in [0.1, 0.15) is 50.7 Å². The molecular weight excluding hydrogens is 306 g/mol. The summed E-state index contributed by atoms with van der Waals surface area (Å²) in [5, 5.41) is 2.58. The molecular formula is C22H25N3. The van der Waals surface area contributed by atoms with E-state index in [0.29, 0.717) is 11.8 Å². The predicted octanol–water partition coefficient (Wildman–Crippen LogP) is 5.97. The van der Waals surface area contributed by atoms with Gasteiger partial charge in [0.05, 0.1) is 5.69 Å². The van der Waals surface area contributed by atoms with Crippen molar-refractivity contribution in [2.45, 2.75) is 39.5 Å². The fraction of sp³-hybridized carbons (Fsp3) is 0.318. The fourth-order valence-corrected chi connectivity index (χ4v) is 4.00. The van der Waals surface area contributed by atoms with Gasteiger partial charge in [-0.3, -0.25) is 0 Å². The molecule has 0 unspecified atom stereocenters. The van der Waals surface area contributed by atoms with E-state index in [9.17, 15) is 0 Å². The van der Waals surface area contributed by atoms with E-state index in [0.717, 1.165) is 5.65 Å². The first-order valence-corrected chi connectivity index (χ1v) is 9.03. The summed E-state index contributed by atoms with van der Waals surface area (Å²) < 4.78 is 2.24. The molecule has 0 saturated carbocycles. The van der Waals surface area contributed by atoms with Crippen LogP contribution in [0.25, 0.3) is 33.2 Å². The smallest absolute Gasteiger partial charge is 0.140 e. The average molecular weight is 331 g/mol. The SMILES string of the molecule is CC(C)c1c(-c2cc3c(C(C)C)ccnc3n2C)ccc2[nH]ccc12. The van der Waals surface area contributed by atoms with Crippen LogP contribution in [0.5, 0.6) is 0 Å². The molecule has 0 atom stereocenters. The quantitative estimate of drug-likeness (QED) is 0.493. The van der Waals surface area contributed by atoms with Gasteiger partial charge in [0.2, 0.25) is 0 Å². The second-order valence-corrected chi connectivity index (χ2v) is 7.50. The summed E-state index contributed by atoms with van der Waals surface area (Å²) in [5.74, 6) is 0.933. The number of rotatable bonds is 3. The van der Waals surface area contributed by atoms with E-state index in [2.05, 4.69) is 79.6 Å². The summed E-state index contributed by atoms with van der Waals surface area (Å²) >= 11 is 0. The van der Waals surface area contributed by atoms with Crippen LogP contribution in [-0.2, 0) is 7.05 Å². The minimum absolute atomic E-state index is 0.449. The van der Waals surface area contributed by atoms with Crippen molar-refractivity contribution >= 4 is 21.9 Å². The van der Waals surface area contributed by atoms with Crippen LogP contribution in [0.3, 0.4) is 0 Å². The van der Waals surface area contributed by atoms with Gasteiger partial charge in [-0.15, -0.1) is 0 Å². The van der Waals surface area contributed by atoms with Crippen molar-refractivity contribution < 1.29 is 0 Å². The van der Waals surface area contributed by atoms with Crippen molar-refractivity contribution in [3.8, 4) is 11.3 Å². The minimum Gasteiger partial charge on any atom is -0.361 e. The van der Waals surface area contributed by atoms with Crippen molar-refractivity contribution in [2.24, 2.45) is 7.05 Å². The second-order valence-electron chi connectivity index (χ2n) is 7.50. The van der Waals surface area contributed by atoms with Crippen molar-refractivity contribution in [3.63, 3.8) is 0 Å². The molecule has 25 heavy (non-hydrogen) atoms. The third kappa shape index (κ3) is 2.38. The maximum Gasteiger partial charge on any atom is 0.140 e. The number of pyridine rings is 1. The number of nitrogens with zero attached hydrogens (tertiary/aromatic N) is 2. The van der Waals surface area contributed by atoms with E-state index >= 15 is 0 Å². The van der Waals surface area contributed by atoms with Gasteiger partial charge in [-0.05, 0) is 47.2 Å². The van der Waals surface area contributed by atoms with E-state index in [4.69, 9.17) is 0 Å². The summed E-state index contributed by atoms with van der Waals surface area (Å²) in [5.41, 5.74) is 7.56. The zero-order chi connectivity index (χ0) is 17.7. The maximum atomic E-state index is 4.65. The third-order valence-corrected chi connectivity index (χ3v) is 5.21. The molecule has 0 spiro atoms. The van der Waals surface area contributed by atoms with Gasteiger partial charge >= 0.3 is 0 Å². The first-order valence-electron chi connectivity index (χ1n) is 9.03. The highest BCUT2D eigenvalue weighted by Crippen LogP contribution is 2.38. The molecule has 0 radical (unpaired) electrons. The largest absolute Gasteiger partial charge is 0.361 e. The van der Waals surface area contributed by atoms with Gasteiger partial charge in [0.1, 0.15) is 5.65 Å². The molecule has 0 fully saturated rings. The monoisotopic (exact) mass is 331 g/mol. The number of fused-ring (bicyclic) bond motifs is 2. The number of nitrogens with one attached hydrogen (secondary N) is 1. The van der Waals surface area contributed by atoms with Gasteiger partial charge in [0, 0.05) is 41.3 Å². The van der Waals surface area contributed by atoms with Crippen LogP contribution in [0.2, 0.25) is 0 Å². The second kappa shape index (κ2) is 5.76. The van der Waals surface area contributed by atoms with E-state index in [-0.39, 0.29) is 0 Å². The number of hydrogen-bond acceptors (Lipinski definition) is 1. The van der Waals surface area contributed by atoms with Crippen LogP contribution < -0.4 is 0 Å². The molecule has 3 heterocycles. The molecule has 3 aromatic heterocycles. The third-order valence-electron chi connectivity index (χ3n) is 5.21. The Bertz CT molecular complexity index is 1060. The first kappa shape index (κ1) is 15.9. The molecule has 4 rings (SSSR count). The molecule has 3 nitrogen and oxygen atoms in total. The van der Waals surface area contributed by atoms with E-state index in [1.807, 2.05) is 12.4 Å². The van der Waals surface area contributed by atoms with Crippen molar-refractivity contribution in [1.82, 2.24) is 14.5 Å². The molecule has 1 N–H and O–H groups in total. The molecule has 0 amide bonds. The first-order chi connectivity index (χ1) is 12.0. The highest BCUT2D eigenvalue weighted by Gasteiger charge is 2.18. The van der Waals surface area contributed by atoms with Crippen LogP contribution in [-0.4, -0.2) is 14.5 Å². The lowest BCUT2D eigenvalue weighted by molar-refractivity contribution is 0.869. The average Bonchev–Trinajstić information content (AvgIpc) is 3.18. The molecule has 1 aromatic carbocycles. The molecule has 0 saturated heterocycles. The Hall–Kier alpha value is -2.55. The Morgan fingerprint density at radius 3 is 2.48 bits per heavy atom. The Kier molecular flexibility index (Phi) is 3.68. The Morgan fingerprint density at radius 1 is 0.960 bits per heavy atom. The molecule has 0 aliphatic carbocycles. The lowest BCUT2D eigenvalue weighted by Gasteiger charge is -2.15. The van der Waals surface area contributed by atoms with E-state index in [1.54, 1.807) is 0 Å². The zero-order valence-corrected chi connectivity index (χ0v) is 15.6. The number of benzene rings is 1.